The first-order chi connectivity index (χ1) is 4.80. The minimum atomic E-state index is -0.0121. The second-order valence-electron chi connectivity index (χ2n) is 2.69. The van der Waals surface area contributed by atoms with E-state index in [4.69, 9.17) is 0 Å². The summed E-state index contributed by atoms with van der Waals surface area (Å²) in [5, 5.41) is 3.14. The van der Waals surface area contributed by atoms with Crippen LogP contribution >= 0.6 is 12.6 Å². The largest absolute Gasteiger partial charge is 0.307 e. The van der Waals surface area contributed by atoms with E-state index in [-0.39, 0.29) is 11.2 Å². The molecule has 1 saturated heterocycles. The average Bonchev–Trinajstić information content (AvgIpc) is 2.12. The van der Waals surface area contributed by atoms with Crippen molar-refractivity contribution in [2.45, 2.75) is 31.7 Å². The van der Waals surface area contributed by atoms with Gasteiger partial charge in [0.15, 0.2) is 0 Å². The summed E-state index contributed by atoms with van der Waals surface area (Å²) in [5.41, 5.74) is 0. The molecule has 1 heterocycles. The molecule has 0 aromatic heterocycles. The number of hydrogen-bond donors (Lipinski definition) is 2. The fraction of sp³-hybridized carbons (Fsp3) is 0.857. The molecule has 1 aliphatic rings. The van der Waals surface area contributed by atoms with Gasteiger partial charge in [-0.15, -0.1) is 12.6 Å². The summed E-state index contributed by atoms with van der Waals surface area (Å²) in [4.78, 5) is 10.8. The third kappa shape index (κ3) is 2.31. The zero-order chi connectivity index (χ0) is 7.40. The molecule has 1 unspecified atom stereocenters. The number of nitrogens with one attached hydrogen (secondary N) is 1. The van der Waals surface area contributed by atoms with Crippen LogP contribution < -0.4 is 5.32 Å². The van der Waals surface area contributed by atoms with Gasteiger partial charge in [0.2, 0.25) is 5.12 Å². The molecule has 0 aromatic rings. The van der Waals surface area contributed by atoms with Crippen molar-refractivity contribution in [3.63, 3.8) is 0 Å². The molecule has 0 spiro atoms. The van der Waals surface area contributed by atoms with E-state index in [9.17, 15) is 4.79 Å². The Morgan fingerprint density at radius 1 is 1.40 bits per heavy atom. The summed E-state index contributed by atoms with van der Waals surface area (Å²) in [5.74, 6) is 0. The van der Waals surface area contributed by atoms with E-state index < -0.39 is 0 Å². The van der Waals surface area contributed by atoms with Gasteiger partial charge in [0.25, 0.3) is 0 Å². The minimum Gasteiger partial charge on any atom is -0.307 e. The van der Waals surface area contributed by atoms with E-state index in [0.29, 0.717) is 0 Å². The molecular weight excluding hydrogens is 146 g/mol. The van der Waals surface area contributed by atoms with Crippen LogP contribution in [0.25, 0.3) is 0 Å². The predicted molar refractivity (Wildman–Crippen MR) is 44.3 cm³/mol. The Morgan fingerprint density at radius 2 is 2.20 bits per heavy atom. The highest BCUT2D eigenvalue weighted by Gasteiger charge is 2.15. The Balaban J connectivity index is 2.35. The van der Waals surface area contributed by atoms with Crippen LogP contribution in [0, 0.1) is 0 Å². The van der Waals surface area contributed by atoms with Gasteiger partial charge in [0, 0.05) is 0 Å². The summed E-state index contributed by atoms with van der Waals surface area (Å²) in [6, 6.07) is 0.0193. The van der Waals surface area contributed by atoms with E-state index in [1.165, 1.54) is 12.8 Å². The van der Waals surface area contributed by atoms with Crippen LogP contribution in [0.5, 0.6) is 0 Å². The Morgan fingerprint density at radius 3 is 2.90 bits per heavy atom. The summed E-state index contributed by atoms with van der Waals surface area (Å²) in [6.45, 7) is 0.969. The first kappa shape index (κ1) is 8.08. The van der Waals surface area contributed by atoms with Crippen LogP contribution in [0.3, 0.4) is 0 Å². The highest BCUT2D eigenvalue weighted by atomic mass is 32.1. The van der Waals surface area contributed by atoms with Gasteiger partial charge >= 0.3 is 0 Å². The third-order valence-corrected chi connectivity index (χ3v) is 2.17. The molecule has 1 N–H and O–H groups in total. The number of thiol groups is 1. The van der Waals surface area contributed by atoms with Gasteiger partial charge in [0.05, 0.1) is 6.04 Å². The Kier molecular flexibility index (Phi) is 3.22. The quantitative estimate of drug-likeness (QED) is 0.558. The first-order valence-electron chi connectivity index (χ1n) is 3.77. The van der Waals surface area contributed by atoms with Crippen LogP contribution in [-0.2, 0) is 4.79 Å². The molecule has 0 amide bonds. The van der Waals surface area contributed by atoms with Gasteiger partial charge < -0.3 is 5.32 Å². The summed E-state index contributed by atoms with van der Waals surface area (Å²) in [6.07, 6.45) is 4.55. The summed E-state index contributed by atoms with van der Waals surface area (Å²) < 4.78 is 0. The molecule has 1 rings (SSSR count). The van der Waals surface area contributed by atoms with Crippen LogP contribution in [-0.4, -0.2) is 17.7 Å². The lowest BCUT2D eigenvalue weighted by Gasteiger charge is -2.09. The molecule has 0 radical (unpaired) electrons. The lowest BCUT2D eigenvalue weighted by Crippen LogP contribution is -2.33. The van der Waals surface area contributed by atoms with E-state index >= 15 is 0 Å². The molecule has 3 heteroatoms. The third-order valence-electron chi connectivity index (χ3n) is 1.86. The van der Waals surface area contributed by atoms with Crippen molar-refractivity contribution in [1.82, 2.24) is 5.32 Å². The van der Waals surface area contributed by atoms with E-state index in [1.54, 1.807) is 0 Å². The van der Waals surface area contributed by atoms with Gasteiger partial charge in [-0.2, -0.15) is 0 Å². The van der Waals surface area contributed by atoms with Gasteiger partial charge in [-0.1, -0.05) is 12.8 Å². The topological polar surface area (TPSA) is 29.1 Å². The van der Waals surface area contributed by atoms with E-state index in [1.807, 2.05) is 0 Å². The van der Waals surface area contributed by atoms with E-state index in [0.717, 1.165) is 19.4 Å². The Bertz CT molecular complexity index is 119. The number of hydrogen-bond acceptors (Lipinski definition) is 2. The number of carbonyl (C=O) groups excluding carboxylic acids is 1. The molecule has 1 atom stereocenters. The van der Waals surface area contributed by atoms with Crippen LogP contribution in [0.4, 0.5) is 0 Å². The van der Waals surface area contributed by atoms with Crippen LogP contribution in [0.2, 0.25) is 0 Å². The van der Waals surface area contributed by atoms with E-state index in [2.05, 4.69) is 17.9 Å². The monoisotopic (exact) mass is 159 g/mol. The smallest absolute Gasteiger partial charge is 0.202 e. The Hall–Kier alpha value is -0.0200. The fourth-order valence-electron chi connectivity index (χ4n) is 1.24. The average molecular weight is 159 g/mol. The van der Waals surface area contributed by atoms with Crippen molar-refractivity contribution in [1.29, 1.82) is 0 Å². The summed E-state index contributed by atoms with van der Waals surface area (Å²) in [7, 11) is 0. The van der Waals surface area contributed by atoms with Gasteiger partial charge in [-0.3, -0.25) is 4.79 Å². The summed E-state index contributed by atoms with van der Waals surface area (Å²) >= 11 is 3.79. The molecule has 2 nitrogen and oxygen atoms in total. The second-order valence-corrected chi connectivity index (χ2v) is 3.14. The zero-order valence-corrected chi connectivity index (χ0v) is 6.86. The Labute approximate surface area is 66.8 Å². The zero-order valence-electron chi connectivity index (χ0n) is 5.97. The van der Waals surface area contributed by atoms with Crippen molar-refractivity contribution in [2.24, 2.45) is 0 Å². The van der Waals surface area contributed by atoms with Crippen molar-refractivity contribution in [3.8, 4) is 0 Å². The van der Waals surface area contributed by atoms with Gasteiger partial charge in [-0.05, 0) is 19.4 Å². The minimum absolute atomic E-state index is 0.0121. The molecular formula is C7H13NOS. The maximum absolute atomic E-state index is 10.8. The second kappa shape index (κ2) is 3.98. The molecule has 10 heavy (non-hydrogen) atoms. The molecule has 1 aliphatic heterocycles. The number of rotatable bonds is 1. The molecule has 0 aliphatic carbocycles. The van der Waals surface area contributed by atoms with Crippen molar-refractivity contribution < 1.29 is 4.79 Å². The van der Waals surface area contributed by atoms with Gasteiger partial charge in [-0.25, -0.2) is 0 Å². The fourth-order valence-corrected chi connectivity index (χ4v) is 1.46. The highest BCUT2D eigenvalue weighted by molar-refractivity contribution is 7.96. The number of carbonyl (C=O) groups is 1. The van der Waals surface area contributed by atoms with Crippen molar-refractivity contribution in [3.05, 3.63) is 0 Å². The maximum Gasteiger partial charge on any atom is 0.202 e. The van der Waals surface area contributed by atoms with Crippen molar-refractivity contribution >= 4 is 17.7 Å². The lowest BCUT2D eigenvalue weighted by molar-refractivity contribution is -0.112. The van der Waals surface area contributed by atoms with Crippen molar-refractivity contribution in [2.75, 3.05) is 6.54 Å². The van der Waals surface area contributed by atoms with Gasteiger partial charge in [0.1, 0.15) is 0 Å². The normalized spacial score (nSPS) is 27.5. The lowest BCUT2D eigenvalue weighted by atomic mass is 10.1. The SMILES string of the molecule is O=C(S)C1CCCCCN1. The molecule has 58 valence electrons. The molecule has 0 bridgehead atoms. The van der Waals surface area contributed by atoms with Crippen LogP contribution in [0.1, 0.15) is 25.7 Å². The molecule has 0 saturated carbocycles. The maximum atomic E-state index is 10.8. The standard InChI is InChI=1S/C7H13NOS/c9-7(10)6-4-2-1-3-5-8-6/h6,8H,1-5H2,(H,9,10). The molecule has 1 fully saturated rings. The van der Waals surface area contributed by atoms with Crippen LogP contribution in [0.15, 0.2) is 0 Å². The first-order valence-corrected chi connectivity index (χ1v) is 4.21. The highest BCUT2D eigenvalue weighted by Crippen LogP contribution is 2.09. The molecule has 0 aromatic carbocycles. The predicted octanol–water partition coefficient (Wildman–Crippen LogP) is 0.975.